The van der Waals surface area contributed by atoms with Crippen molar-refractivity contribution in [1.29, 1.82) is 0 Å². The fourth-order valence-electron chi connectivity index (χ4n) is 2.84. The summed E-state index contributed by atoms with van der Waals surface area (Å²) in [4.78, 5) is 35.6. The molecular weight excluding hydrogens is 438 g/mol. The van der Waals surface area contributed by atoms with Gasteiger partial charge in [-0.2, -0.15) is 0 Å². The monoisotopic (exact) mass is 458 g/mol. The fourth-order valence-corrected chi connectivity index (χ4v) is 2.84. The van der Waals surface area contributed by atoms with Crippen LogP contribution in [0.1, 0.15) is 24.4 Å². The summed E-state index contributed by atoms with van der Waals surface area (Å²) in [6.45, 7) is 3.33. The highest BCUT2D eigenvalue weighted by molar-refractivity contribution is 6.00. The third kappa shape index (κ3) is 5.91. The highest BCUT2D eigenvalue weighted by Gasteiger charge is 2.25. The summed E-state index contributed by atoms with van der Waals surface area (Å²) in [6.07, 6.45) is 0. The summed E-state index contributed by atoms with van der Waals surface area (Å²) in [6, 6.07) is 8.62. The number of urea groups is 1. The van der Waals surface area contributed by atoms with Crippen LogP contribution in [-0.2, 0) is 4.79 Å². The van der Waals surface area contributed by atoms with Gasteiger partial charge in [0.15, 0.2) is 0 Å². The predicted octanol–water partition coefficient (Wildman–Crippen LogP) is 4.10. The minimum absolute atomic E-state index is 0.153. The number of carboxylic acids is 1. The molecule has 3 aromatic rings. The molecule has 1 atom stereocenters. The number of aromatic nitrogens is 1. The van der Waals surface area contributed by atoms with E-state index in [0.29, 0.717) is 23.0 Å². The third-order valence-corrected chi connectivity index (χ3v) is 4.57. The summed E-state index contributed by atoms with van der Waals surface area (Å²) in [5.74, 6) is -4.02. The van der Waals surface area contributed by atoms with Gasteiger partial charge in [0.1, 0.15) is 23.4 Å². The summed E-state index contributed by atoms with van der Waals surface area (Å²) >= 11 is 0. The lowest BCUT2D eigenvalue weighted by molar-refractivity contribution is -0.140. The van der Waals surface area contributed by atoms with E-state index in [0.717, 1.165) is 12.1 Å². The van der Waals surface area contributed by atoms with E-state index in [4.69, 9.17) is 4.52 Å². The molecule has 33 heavy (non-hydrogen) atoms. The average Bonchev–Trinajstić information content (AvgIpc) is 3.24. The van der Waals surface area contributed by atoms with Gasteiger partial charge < -0.3 is 25.6 Å². The van der Waals surface area contributed by atoms with Crippen molar-refractivity contribution in [3.05, 3.63) is 65.9 Å². The van der Waals surface area contributed by atoms with Gasteiger partial charge in [-0.25, -0.2) is 18.4 Å². The van der Waals surface area contributed by atoms with Crippen LogP contribution in [-0.4, -0.2) is 34.2 Å². The quantitative estimate of drug-likeness (QED) is 0.421. The Bertz CT molecular complexity index is 1180. The maximum absolute atomic E-state index is 13.6. The number of nitrogens with one attached hydrogen (secondary N) is 3. The molecule has 0 spiro atoms. The molecule has 4 N–H and O–H groups in total. The van der Waals surface area contributed by atoms with E-state index in [1.165, 1.54) is 6.07 Å². The molecule has 1 aromatic heterocycles. The molecule has 0 unspecified atom stereocenters. The first kappa shape index (κ1) is 23.4. The van der Waals surface area contributed by atoms with Crippen molar-refractivity contribution in [2.24, 2.45) is 5.92 Å². The van der Waals surface area contributed by atoms with Crippen molar-refractivity contribution in [2.75, 3.05) is 10.6 Å². The first-order valence-electron chi connectivity index (χ1n) is 9.78. The van der Waals surface area contributed by atoms with Crippen molar-refractivity contribution >= 4 is 29.3 Å². The predicted molar refractivity (Wildman–Crippen MR) is 115 cm³/mol. The first-order valence-corrected chi connectivity index (χ1v) is 9.78. The molecule has 172 valence electrons. The van der Waals surface area contributed by atoms with Crippen LogP contribution in [0.25, 0.3) is 11.3 Å². The molecule has 0 saturated heterocycles. The Balaban J connectivity index is 1.63. The van der Waals surface area contributed by atoms with Crippen molar-refractivity contribution in [1.82, 2.24) is 10.5 Å². The molecule has 0 aliphatic heterocycles. The lowest BCUT2D eigenvalue weighted by Crippen LogP contribution is -2.44. The zero-order chi connectivity index (χ0) is 24.1. The van der Waals surface area contributed by atoms with E-state index in [1.54, 1.807) is 38.1 Å². The number of carbonyl (C=O) groups excluding carboxylic acids is 2. The fraction of sp³-hybridized carbons (Fsp3) is 0.182. The van der Waals surface area contributed by atoms with E-state index >= 15 is 0 Å². The van der Waals surface area contributed by atoms with Crippen LogP contribution in [0, 0.1) is 17.6 Å². The lowest BCUT2D eigenvalue weighted by Gasteiger charge is -2.16. The number of hydrogen-bond donors (Lipinski definition) is 4. The molecule has 1 heterocycles. The second-order valence-corrected chi connectivity index (χ2v) is 7.39. The van der Waals surface area contributed by atoms with Crippen LogP contribution < -0.4 is 16.0 Å². The Morgan fingerprint density at radius 3 is 2.30 bits per heavy atom. The van der Waals surface area contributed by atoms with E-state index in [-0.39, 0.29) is 17.4 Å². The second-order valence-electron chi connectivity index (χ2n) is 7.39. The molecule has 0 aliphatic rings. The Morgan fingerprint density at radius 1 is 1.00 bits per heavy atom. The summed E-state index contributed by atoms with van der Waals surface area (Å²) in [7, 11) is 0. The molecule has 9 nitrogen and oxygen atoms in total. The van der Waals surface area contributed by atoms with Crippen LogP contribution in [0.15, 0.2) is 53.1 Å². The number of carbonyl (C=O) groups is 3. The molecule has 0 bridgehead atoms. The second kappa shape index (κ2) is 9.90. The molecule has 3 rings (SSSR count). The number of carboxylic acid groups (broad SMARTS) is 1. The number of amides is 3. The summed E-state index contributed by atoms with van der Waals surface area (Å²) in [5, 5.41) is 20.2. The maximum Gasteiger partial charge on any atom is 0.326 e. The van der Waals surface area contributed by atoms with Gasteiger partial charge in [0.25, 0.3) is 5.91 Å². The van der Waals surface area contributed by atoms with Crippen molar-refractivity contribution in [2.45, 2.75) is 19.9 Å². The molecule has 11 heteroatoms. The van der Waals surface area contributed by atoms with Crippen LogP contribution in [0.3, 0.4) is 0 Å². The van der Waals surface area contributed by atoms with Gasteiger partial charge in [0.05, 0.1) is 5.69 Å². The van der Waals surface area contributed by atoms with Crippen LogP contribution in [0.2, 0.25) is 0 Å². The van der Waals surface area contributed by atoms with Gasteiger partial charge in [0.2, 0.25) is 5.76 Å². The molecule has 0 saturated carbocycles. The lowest BCUT2D eigenvalue weighted by atomic mass is 10.0. The Kier molecular flexibility index (Phi) is 7.01. The number of hydrogen-bond acceptors (Lipinski definition) is 5. The van der Waals surface area contributed by atoms with Gasteiger partial charge in [-0.05, 0) is 30.2 Å². The highest BCUT2D eigenvalue weighted by Crippen LogP contribution is 2.22. The van der Waals surface area contributed by atoms with Gasteiger partial charge in [-0.3, -0.25) is 4.79 Å². The van der Waals surface area contributed by atoms with Gasteiger partial charge in [-0.1, -0.05) is 31.1 Å². The molecular formula is C22H20F2N4O5. The highest BCUT2D eigenvalue weighted by atomic mass is 19.1. The van der Waals surface area contributed by atoms with Gasteiger partial charge >= 0.3 is 12.0 Å². The largest absolute Gasteiger partial charge is 0.480 e. The molecule has 0 radical (unpaired) electrons. The van der Waals surface area contributed by atoms with E-state index in [1.807, 2.05) is 0 Å². The third-order valence-electron chi connectivity index (χ3n) is 4.57. The van der Waals surface area contributed by atoms with Gasteiger partial charge in [0, 0.05) is 23.4 Å². The van der Waals surface area contributed by atoms with Crippen LogP contribution in [0.4, 0.5) is 25.0 Å². The SMILES string of the molecule is CC(C)[C@H](NC(=O)c1cc(-c2ccc(NC(=O)Nc3ccc(F)cc3F)cc2)no1)C(=O)O. The first-order chi connectivity index (χ1) is 15.6. The Labute approximate surface area is 186 Å². The van der Waals surface area contributed by atoms with E-state index < -0.39 is 35.6 Å². The molecule has 2 aromatic carbocycles. The number of benzene rings is 2. The van der Waals surface area contributed by atoms with Crippen molar-refractivity contribution in [3.8, 4) is 11.3 Å². The number of halogens is 2. The van der Waals surface area contributed by atoms with E-state index in [2.05, 4.69) is 21.1 Å². The Morgan fingerprint density at radius 2 is 1.70 bits per heavy atom. The smallest absolute Gasteiger partial charge is 0.326 e. The zero-order valence-electron chi connectivity index (χ0n) is 17.6. The minimum Gasteiger partial charge on any atom is -0.480 e. The Hall–Kier alpha value is -4.28. The zero-order valence-corrected chi connectivity index (χ0v) is 17.6. The summed E-state index contributed by atoms with van der Waals surface area (Å²) in [5.41, 5.74) is 1.08. The van der Waals surface area contributed by atoms with Crippen LogP contribution >= 0.6 is 0 Å². The van der Waals surface area contributed by atoms with Crippen LogP contribution in [0.5, 0.6) is 0 Å². The van der Waals surface area contributed by atoms with E-state index in [9.17, 15) is 28.3 Å². The number of aliphatic carboxylic acids is 1. The number of rotatable bonds is 7. The molecule has 3 amide bonds. The molecule has 0 aliphatic carbocycles. The normalized spacial score (nSPS) is 11.7. The maximum atomic E-state index is 13.6. The topological polar surface area (TPSA) is 134 Å². The van der Waals surface area contributed by atoms with Crippen molar-refractivity contribution < 1.29 is 32.8 Å². The average molecular weight is 458 g/mol. The number of nitrogens with zero attached hydrogens (tertiary/aromatic N) is 1. The standard InChI is InChI=1S/C22H20F2N4O5/c1-11(2)19(21(30)31)27-20(29)18-10-17(28-33-18)12-3-6-14(7-4-12)25-22(32)26-16-8-5-13(23)9-15(16)24/h3-11,19H,1-2H3,(H,27,29)(H,30,31)(H2,25,26,32)/t19-/m0/s1. The summed E-state index contributed by atoms with van der Waals surface area (Å²) < 4.78 is 31.6. The minimum atomic E-state index is -1.16. The van der Waals surface area contributed by atoms with Gasteiger partial charge in [-0.15, -0.1) is 0 Å². The molecule has 0 fully saturated rings. The number of anilines is 2. The van der Waals surface area contributed by atoms with Crippen molar-refractivity contribution in [3.63, 3.8) is 0 Å².